The van der Waals surface area contributed by atoms with Crippen LogP contribution in [0.4, 0.5) is 4.39 Å². The molecular formula is C18H16FNS. The molecular weight excluding hydrogens is 281 g/mol. The zero-order valence-corrected chi connectivity index (χ0v) is 12.3. The Bertz CT molecular complexity index is 757. The van der Waals surface area contributed by atoms with Crippen LogP contribution in [0.25, 0.3) is 10.8 Å². The van der Waals surface area contributed by atoms with Crippen molar-refractivity contribution in [3.05, 3.63) is 78.1 Å². The van der Waals surface area contributed by atoms with Gasteiger partial charge in [-0.2, -0.15) is 0 Å². The van der Waals surface area contributed by atoms with Gasteiger partial charge in [0.05, 0.1) is 0 Å². The van der Waals surface area contributed by atoms with Gasteiger partial charge in [0.1, 0.15) is 5.82 Å². The number of nitrogens with two attached hydrogens (primary N) is 1. The molecule has 0 aliphatic heterocycles. The molecule has 0 amide bonds. The summed E-state index contributed by atoms with van der Waals surface area (Å²) in [6.45, 7) is 0.473. The van der Waals surface area contributed by atoms with Crippen molar-refractivity contribution in [1.82, 2.24) is 0 Å². The number of benzene rings is 3. The normalized spacial score (nSPS) is 12.5. The largest absolute Gasteiger partial charge is 0.329 e. The van der Waals surface area contributed by atoms with E-state index in [1.54, 1.807) is 23.9 Å². The number of thioether (sulfide) groups is 1. The monoisotopic (exact) mass is 297 g/mol. The van der Waals surface area contributed by atoms with Gasteiger partial charge in [-0.05, 0) is 40.6 Å². The highest BCUT2D eigenvalue weighted by Gasteiger charge is 2.12. The molecule has 3 aromatic rings. The van der Waals surface area contributed by atoms with E-state index in [0.29, 0.717) is 6.54 Å². The molecule has 0 saturated heterocycles. The molecule has 3 heteroatoms. The highest BCUT2D eigenvalue weighted by Crippen LogP contribution is 2.35. The third-order valence-corrected chi connectivity index (χ3v) is 4.71. The highest BCUT2D eigenvalue weighted by molar-refractivity contribution is 7.99. The molecule has 0 radical (unpaired) electrons. The van der Waals surface area contributed by atoms with E-state index in [1.807, 2.05) is 18.2 Å². The van der Waals surface area contributed by atoms with E-state index in [1.165, 1.54) is 16.8 Å². The molecule has 0 aliphatic rings. The molecule has 21 heavy (non-hydrogen) atoms. The fourth-order valence-electron chi connectivity index (χ4n) is 2.36. The maximum Gasteiger partial charge on any atom is 0.123 e. The minimum Gasteiger partial charge on any atom is -0.329 e. The van der Waals surface area contributed by atoms with E-state index >= 15 is 0 Å². The van der Waals surface area contributed by atoms with Gasteiger partial charge < -0.3 is 5.73 Å². The van der Waals surface area contributed by atoms with Crippen molar-refractivity contribution in [2.45, 2.75) is 10.1 Å². The van der Waals surface area contributed by atoms with Gasteiger partial charge in [-0.15, -0.1) is 11.8 Å². The van der Waals surface area contributed by atoms with Gasteiger partial charge >= 0.3 is 0 Å². The first kappa shape index (κ1) is 14.1. The molecule has 1 nitrogen and oxygen atoms in total. The molecule has 3 rings (SSSR count). The molecule has 0 fully saturated rings. The predicted molar refractivity (Wildman–Crippen MR) is 88.0 cm³/mol. The first-order valence-corrected chi connectivity index (χ1v) is 7.75. The van der Waals surface area contributed by atoms with Crippen molar-refractivity contribution in [3.8, 4) is 0 Å². The van der Waals surface area contributed by atoms with Crippen molar-refractivity contribution >= 4 is 22.5 Å². The van der Waals surface area contributed by atoms with Crippen LogP contribution < -0.4 is 5.73 Å². The fraction of sp³-hybridized carbons (Fsp3) is 0.111. The minimum atomic E-state index is -0.218. The van der Waals surface area contributed by atoms with Crippen molar-refractivity contribution in [2.75, 3.05) is 6.54 Å². The second-order valence-electron chi connectivity index (χ2n) is 4.91. The lowest BCUT2D eigenvalue weighted by atomic mass is 10.1. The lowest BCUT2D eigenvalue weighted by Crippen LogP contribution is -2.09. The minimum absolute atomic E-state index is 0.0573. The van der Waals surface area contributed by atoms with Crippen molar-refractivity contribution in [1.29, 1.82) is 0 Å². The Morgan fingerprint density at radius 1 is 0.905 bits per heavy atom. The number of halogens is 1. The van der Waals surface area contributed by atoms with E-state index < -0.39 is 0 Å². The Balaban J connectivity index is 1.88. The van der Waals surface area contributed by atoms with Crippen LogP contribution in [0.3, 0.4) is 0 Å². The van der Waals surface area contributed by atoms with Gasteiger partial charge in [-0.1, -0.05) is 42.5 Å². The standard InChI is InChI=1S/C18H16FNS/c19-16-7-3-6-15(10-16)18(12-20)21-17-9-8-13-4-1-2-5-14(13)11-17/h1-11,18H,12,20H2. The smallest absolute Gasteiger partial charge is 0.123 e. The van der Waals surface area contributed by atoms with Gasteiger partial charge in [-0.3, -0.25) is 0 Å². The molecule has 2 N–H and O–H groups in total. The lowest BCUT2D eigenvalue weighted by molar-refractivity contribution is 0.625. The van der Waals surface area contributed by atoms with Gasteiger partial charge in [0.15, 0.2) is 0 Å². The average molecular weight is 297 g/mol. The zero-order valence-electron chi connectivity index (χ0n) is 11.5. The SMILES string of the molecule is NCC(Sc1ccc2ccccc2c1)c1cccc(F)c1. The van der Waals surface area contributed by atoms with Gasteiger partial charge in [0.25, 0.3) is 0 Å². The van der Waals surface area contributed by atoms with E-state index in [-0.39, 0.29) is 11.1 Å². The molecule has 0 aromatic heterocycles. The molecule has 0 aliphatic carbocycles. The van der Waals surface area contributed by atoms with Gasteiger partial charge in [0.2, 0.25) is 0 Å². The summed E-state index contributed by atoms with van der Waals surface area (Å²) < 4.78 is 13.4. The van der Waals surface area contributed by atoms with E-state index in [4.69, 9.17) is 5.73 Å². The average Bonchev–Trinajstić information content (AvgIpc) is 2.52. The topological polar surface area (TPSA) is 26.0 Å². The van der Waals surface area contributed by atoms with Crippen LogP contribution in [0, 0.1) is 5.82 Å². The van der Waals surface area contributed by atoms with Crippen LogP contribution in [-0.4, -0.2) is 6.54 Å². The number of hydrogen-bond acceptors (Lipinski definition) is 2. The van der Waals surface area contributed by atoms with Gasteiger partial charge in [-0.25, -0.2) is 4.39 Å². The molecule has 3 aromatic carbocycles. The quantitative estimate of drug-likeness (QED) is 0.702. The first-order valence-electron chi connectivity index (χ1n) is 6.87. The highest BCUT2D eigenvalue weighted by atomic mass is 32.2. The second-order valence-corrected chi connectivity index (χ2v) is 6.18. The second kappa shape index (κ2) is 6.29. The molecule has 0 spiro atoms. The Morgan fingerprint density at radius 2 is 1.71 bits per heavy atom. The summed E-state index contributed by atoms with van der Waals surface area (Å²) in [6.07, 6.45) is 0. The summed E-state index contributed by atoms with van der Waals surface area (Å²) in [5.41, 5.74) is 6.80. The summed E-state index contributed by atoms with van der Waals surface area (Å²) in [6, 6.07) is 21.3. The molecule has 106 valence electrons. The number of hydrogen-bond donors (Lipinski definition) is 1. The van der Waals surface area contributed by atoms with Crippen LogP contribution in [0.1, 0.15) is 10.8 Å². The Kier molecular flexibility index (Phi) is 4.23. The van der Waals surface area contributed by atoms with Crippen LogP contribution in [0.5, 0.6) is 0 Å². The van der Waals surface area contributed by atoms with Crippen molar-refractivity contribution in [3.63, 3.8) is 0 Å². The third-order valence-electron chi connectivity index (χ3n) is 3.43. The maximum atomic E-state index is 13.4. The van der Waals surface area contributed by atoms with E-state index in [9.17, 15) is 4.39 Å². The summed E-state index contributed by atoms with van der Waals surface area (Å²) in [7, 11) is 0. The van der Waals surface area contributed by atoms with Crippen LogP contribution in [-0.2, 0) is 0 Å². The maximum absolute atomic E-state index is 13.4. The third kappa shape index (κ3) is 3.26. The molecule has 0 saturated carbocycles. The molecule has 0 heterocycles. The number of rotatable bonds is 4. The lowest BCUT2D eigenvalue weighted by Gasteiger charge is -2.15. The summed E-state index contributed by atoms with van der Waals surface area (Å²) in [5, 5.41) is 2.48. The first-order chi connectivity index (χ1) is 10.3. The summed E-state index contributed by atoms with van der Waals surface area (Å²) in [4.78, 5) is 1.15. The van der Waals surface area contributed by atoms with Gasteiger partial charge in [0, 0.05) is 16.7 Å². The van der Waals surface area contributed by atoms with Crippen LogP contribution >= 0.6 is 11.8 Å². The van der Waals surface area contributed by atoms with Crippen LogP contribution in [0.2, 0.25) is 0 Å². The Morgan fingerprint density at radius 3 is 2.48 bits per heavy atom. The van der Waals surface area contributed by atoms with Crippen molar-refractivity contribution in [2.24, 2.45) is 5.73 Å². The molecule has 1 atom stereocenters. The van der Waals surface area contributed by atoms with Crippen molar-refractivity contribution < 1.29 is 4.39 Å². The number of fused-ring (bicyclic) bond motifs is 1. The predicted octanol–water partition coefficient (Wildman–Crippen LogP) is 4.77. The fourth-order valence-corrected chi connectivity index (χ4v) is 3.41. The Hall–Kier alpha value is -1.84. The van der Waals surface area contributed by atoms with Crippen LogP contribution in [0.15, 0.2) is 71.6 Å². The summed E-state index contributed by atoms with van der Waals surface area (Å²) in [5.74, 6) is -0.218. The molecule has 1 unspecified atom stereocenters. The zero-order chi connectivity index (χ0) is 14.7. The molecule has 0 bridgehead atoms. The van der Waals surface area contributed by atoms with E-state index in [2.05, 4.69) is 30.3 Å². The summed E-state index contributed by atoms with van der Waals surface area (Å²) >= 11 is 1.67. The Labute approximate surface area is 128 Å². The van der Waals surface area contributed by atoms with E-state index in [0.717, 1.165) is 10.5 Å².